The molecule has 0 aromatic rings. The molecule has 3 saturated carbocycles. The van der Waals surface area contributed by atoms with Crippen LogP contribution in [0.5, 0.6) is 0 Å². The summed E-state index contributed by atoms with van der Waals surface area (Å²) in [7, 11) is -2.96. The zero-order valence-electron chi connectivity index (χ0n) is 11.5. The first-order valence-corrected chi connectivity index (χ1v) is 9.59. The molecule has 6 heteroatoms. The second-order valence-electron chi connectivity index (χ2n) is 7.05. The van der Waals surface area contributed by atoms with Gasteiger partial charge in [0, 0.05) is 25.0 Å². The van der Waals surface area contributed by atoms with Gasteiger partial charge in [-0.2, -0.15) is 0 Å². The van der Waals surface area contributed by atoms with E-state index in [9.17, 15) is 13.2 Å². The van der Waals surface area contributed by atoms with Crippen molar-refractivity contribution in [1.29, 1.82) is 0 Å². The molecule has 2 N–H and O–H groups in total. The predicted molar refractivity (Wildman–Crippen MR) is 74.8 cm³/mol. The van der Waals surface area contributed by atoms with Crippen LogP contribution in [0.25, 0.3) is 0 Å². The summed E-state index contributed by atoms with van der Waals surface area (Å²) >= 11 is 0. The fourth-order valence-corrected chi connectivity index (χ4v) is 6.43. The zero-order valence-corrected chi connectivity index (χ0v) is 12.4. The van der Waals surface area contributed by atoms with E-state index in [0.29, 0.717) is 19.0 Å². The highest BCUT2D eigenvalue weighted by molar-refractivity contribution is 7.91. The normalized spacial score (nSPS) is 47.8. The Hall–Kier alpha value is -0.620. The molecule has 5 unspecified atom stereocenters. The minimum Gasteiger partial charge on any atom is -0.353 e. The average Bonchev–Trinajstić information content (AvgIpc) is 2.78. The van der Waals surface area contributed by atoms with Crippen LogP contribution in [0.3, 0.4) is 0 Å². The number of fused-ring (bicyclic) bond motifs is 5. The van der Waals surface area contributed by atoms with Gasteiger partial charge < -0.3 is 10.6 Å². The van der Waals surface area contributed by atoms with Gasteiger partial charge in [0.05, 0.1) is 11.5 Å². The Morgan fingerprint density at radius 1 is 1.20 bits per heavy atom. The summed E-state index contributed by atoms with van der Waals surface area (Å²) in [6, 6.07) is 0.193. The summed E-state index contributed by atoms with van der Waals surface area (Å²) in [4.78, 5) is 12.1. The van der Waals surface area contributed by atoms with Gasteiger partial charge in [0.1, 0.15) is 0 Å². The SMILES string of the molecule is O=C(CC1CS(=O)(=O)CCN1)NC1C2C3CCC(C3)C12. The van der Waals surface area contributed by atoms with Crippen LogP contribution < -0.4 is 10.6 Å². The van der Waals surface area contributed by atoms with E-state index in [1.54, 1.807) is 0 Å². The molecule has 1 heterocycles. The minimum absolute atomic E-state index is 0.0263. The second kappa shape index (κ2) is 4.44. The number of hydrogen-bond donors (Lipinski definition) is 2. The molecule has 1 amide bonds. The lowest BCUT2D eigenvalue weighted by Gasteiger charge is -2.23. The number of hydrogen-bond acceptors (Lipinski definition) is 4. The van der Waals surface area contributed by atoms with Crippen molar-refractivity contribution in [3.05, 3.63) is 0 Å². The van der Waals surface area contributed by atoms with Gasteiger partial charge in [-0.1, -0.05) is 0 Å². The van der Waals surface area contributed by atoms with Gasteiger partial charge in [-0.3, -0.25) is 4.79 Å². The molecule has 0 spiro atoms. The Labute approximate surface area is 119 Å². The molecule has 1 aliphatic heterocycles. The average molecular weight is 298 g/mol. The van der Waals surface area contributed by atoms with Gasteiger partial charge in [-0.05, 0) is 42.9 Å². The largest absolute Gasteiger partial charge is 0.353 e. The molecular weight excluding hydrogens is 276 g/mol. The van der Waals surface area contributed by atoms with Crippen LogP contribution >= 0.6 is 0 Å². The molecule has 5 nitrogen and oxygen atoms in total. The van der Waals surface area contributed by atoms with E-state index in [4.69, 9.17) is 0 Å². The topological polar surface area (TPSA) is 75.3 Å². The Kier molecular flexibility index (Phi) is 2.90. The highest BCUT2D eigenvalue weighted by Gasteiger charge is 2.65. The van der Waals surface area contributed by atoms with Crippen molar-refractivity contribution in [3.8, 4) is 0 Å². The van der Waals surface area contributed by atoms with E-state index in [2.05, 4.69) is 10.6 Å². The van der Waals surface area contributed by atoms with E-state index in [0.717, 1.165) is 23.7 Å². The first kappa shape index (κ1) is 13.1. The predicted octanol–water partition coefficient (Wildman–Crippen LogP) is -0.0762. The van der Waals surface area contributed by atoms with Crippen LogP contribution in [-0.4, -0.2) is 44.5 Å². The maximum absolute atomic E-state index is 12.1. The molecule has 0 aromatic heterocycles. The number of rotatable bonds is 3. The number of sulfone groups is 1. The Bertz CT molecular complexity index is 517. The number of amides is 1. The summed E-state index contributed by atoms with van der Waals surface area (Å²) in [6.45, 7) is 0.471. The van der Waals surface area contributed by atoms with Crippen LogP contribution in [0.1, 0.15) is 25.7 Å². The van der Waals surface area contributed by atoms with Crippen molar-refractivity contribution in [2.24, 2.45) is 23.7 Å². The van der Waals surface area contributed by atoms with Gasteiger partial charge in [0.25, 0.3) is 0 Å². The summed E-state index contributed by atoms with van der Waals surface area (Å²) in [5.74, 6) is 3.50. The van der Waals surface area contributed by atoms with Gasteiger partial charge in [-0.25, -0.2) is 8.42 Å². The van der Waals surface area contributed by atoms with E-state index < -0.39 is 9.84 Å². The standard InChI is InChI=1S/C14H22N2O3S/c17-11(6-10-7-20(18,19)4-3-15-10)16-14-12-8-1-2-9(5-8)13(12)14/h8-10,12-15H,1-7H2,(H,16,17). The minimum atomic E-state index is -2.96. The third-order valence-electron chi connectivity index (χ3n) is 5.80. The fourth-order valence-electron chi connectivity index (χ4n) is 4.99. The van der Waals surface area contributed by atoms with Crippen molar-refractivity contribution in [1.82, 2.24) is 10.6 Å². The number of nitrogens with one attached hydrogen (secondary N) is 2. The van der Waals surface area contributed by atoms with Crippen molar-refractivity contribution in [3.63, 3.8) is 0 Å². The molecule has 112 valence electrons. The number of carbonyl (C=O) groups is 1. The molecule has 4 fully saturated rings. The molecular formula is C14H22N2O3S. The molecule has 1 saturated heterocycles. The van der Waals surface area contributed by atoms with E-state index >= 15 is 0 Å². The van der Waals surface area contributed by atoms with Crippen molar-refractivity contribution < 1.29 is 13.2 Å². The van der Waals surface area contributed by atoms with Crippen LogP contribution in [0.4, 0.5) is 0 Å². The Morgan fingerprint density at radius 2 is 1.90 bits per heavy atom. The van der Waals surface area contributed by atoms with E-state index in [1.165, 1.54) is 19.3 Å². The smallest absolute Gasteiger partial charge is 0.221 e. The maximum atomic E-state index is 12.1. The summed E-state index contributed by atoms with van der Waals surface area (Å²) < 4.78 is 23.1. The summed E-state index contributed by atoms with van der Waals surface area (Å²) in [6.07, 6.45) is 4.37. The van der Waals surface area contributed by atoms with Gasteiger partial charge in [0.15, 0.2) is 9.84 Å². The summed E-state index contributed by atoms with van der Waals surface area (Å²) in [5.41, 5.74) is 0. The molecule has 0 radical (unpaired) electrons. The van der Waals surface area contributed by atoms with Crippen LogP contribution in [0.2, 0.25) is 0 Å². The van der Waals surface area contributed by atoms with Crippen molar-refractivity contribution in [2.45, 2.75) is 37.8 Å². The fraction of sp³-hybridized carbons (Fsp3) is 0.929. The lowest BCUT2D eigenvalue weighted by molar-refractivity contribution is -0.121. The molecule has 20 heavy (non-hydrogen) atoms. The lowest BCUT2D eigenvalue weighted by Crippen LogP contribution is -2.47. The Morgan fingerprint density at radius 3 is 2.55 bits per heavy atom. The van der Waals surface area contributed by atoms with E-state index in [-0.39, 0.29) is 23.5 Å². The van der Waals surface area contributed by atoms with Gasteiger partial charge >= 0.3 is 0 Å². The first-order chi connectivity index (χ1) is 9.53. The summed E-state index contributed by atoms with van der Waals surface area (Å²) in [5, 5.41) is 6.30. The highest BCUT2D eigenvalue weighted by atomic mass is 32.2. The Balaban J connectivity index is 1.30. The maximum Gasteiger partial charge on any atom is 0.221 e. The molecule has 5 atom stereocenters. The molecule has 4 aliphatic rings. The monoisotopic (exact) mass is 298 g/mol. The molecule has 2 bridgehead atoms. The van der Waals surface area contributed by atoms with Crippen molar-refractivity contribution in [2.75, 3.05) is 18.1 Å². The van der Waals surface area contributed by atoms with Gasteiger partial charge in [-0.15, -0.1) is 0 Å². The van der Waals surface area contributed by atoms with Crippen LogP contribution in [-0.2, 0) is 14.6 Å². The lowest BCUT2D eigenvalue weighted by atomic mass is 10.0. The van der Waals surface area contributed by atoms with Crippen LogP contribution in [0.15, 0.2) is 0 Å². The number of carbonyl (C=O) groups excluding carboxylic acids is 1. The molecule has 3 aliphatic carbocycles. The first-order valence-electron chi connectivity index (χ1n) is 7.77. The van der Waals surface area contributed by atoms with Gasteiger partial charge in [0.2, 0.25) is 5.91 Å². The molecule has 4 rings (SSSR count). The quantitative estimate of drug-likeness (QED) is 0.764. The van der Waals surface area contributed by atoms with Crippen LogP contribution in [0, 0.1) is 23.7 Å². The third-order valence-corrected chi connectivity index (χ3v) is 7.53. The van der Waals surface area contributed by atoms with Crippen molar-refractivity contribution >= 4 is 15.7 Å². The highest BCUT2D eigenvalue weighted by Crippen LogP contribution is 2.65. The zero-order chi connectivity index (χ0) is 13.9. The third kappa shape index (κ3) is 2.17. The molecule has 0 aromatic carbocycles. The second-order valence-corrected chi connectivity index (χ2v) is 9.28. The van der Waals surface area contributed by atoms with E-state index in [1.807, 2.05) is 0 Å².